The molecule has 1 fully saturated rings. The Morgan fingerprint density at radius 3 is 2.53 bits per heavy atom. The van der Waals surface area contributed by atoms with Crippen LogP contribution in [0.1, 0.15) is 50.9 Å². The molecule has 8 nitrogen and oxygen atoms in total. The highest BCUT2D eigenvalue weighted by Crippen LogP contribution is 2.39. The van der Waals surface area contributed by atoms with Gasteiger partial charge in [-0.15, -0.1) is 0 Å². The van der Waals surface area contributed by atoms with E-state index in [0.29, 0.717) is 6.07 Å². The Kier molecular flexibility index (Phi) is 5.21. The van der Waals surface area contributed by atoms with Gasteiger partial charge in [0.15, 0.2) is 6.23 Å². The molecule has 2 aliphatic heterocycles. The largest absolute Gasteiger partial charge is 0.416 e. The summed E-state index contributed by atoms with van der Waals surface area (Å²) in [7, 11) is 0. The fourth-order valence-corrected chi connectivity index (χ4v) is 3.81. The van der Waals surface area contributed by atoms with Crippen molar-refractivity contribution in [1.82, 2.24) is 10.2 Å². The predicted molar refractivity (Wildman–Crippen MR) is 103 cm³/mol. The minimum absolute atomic E-state index is 0.0115. The first-order valence-corrected chi connectivity index (χ1v) is 9.54. The molecule has 3 N–H and O–H groups in total. The van der Waals surface area contributed by atoms with Crippen LogP contribution in [-0.4, -0.2) is 39.7 Å². The van der Waals surface area contributed by atoms with E-state index in [4.69, 9.17) is 0 Å². The fraction of sp³-hybridized carbons (Fsp3) is 0.238. The standard InChI is InChI=1S/C21H16F3N3O5/c22-21(23,24)11-4-1-3-10(9-11)17(29)25-13-6-2-5-12-16(13)20(32)27(19(12)31)14-7-8-15(28)26-18(14)30/h1-6,9,14,19,31H,7-8H2,(H,25,29)(H,26,28,30). The summed E-state index contributed by atoms with van der Waals surface area (Å²) < 4.78 is 38.8. The first-order valence-electron chi connectivity index (χ1n) is 9.54. The molecule has 2 atom stereocenters. The number of imide groups is 1. The van der Waals surface area contributed by atoms with Gasteiger partial charge in [-0.3, -0.25) is 29.4 Å². The molecule has 11 heteroatoms. The number of hydrogen-bond acceptors (Lipinski definition) is 5. The van der Waals surface area contributed by atoms with Gasteiger partial charge < -0.3 is 10.4 Å². The number of halogens is 3. The van der Waals surface area contributed by atoms with Crippen LogP contribution in [0.5, 0.6) is 0 Å². The van der Waals surface area contributed by atoms with E-state index < -0.39 is 47.6 Å². The lowest BCUT2D eigenvalue weighted by molar-refractivity contribution is -0.140. The number of alkyl halides is 3. The van der Waals surface area contributed by atoms with E-state index in [1.165, 1.54) is 24.3 Å². The Bertz CT molecular complexity index is 1150. The number of nitrogens with one attached hydrogen (secondary N) is 2. The smallest absolute Gasteiger partial charge is 0.369 e. The van der Waals surface area contributed by atoms with Crippen molar-refractivity contribution in [3.8, 4) is 0 Å². The zero-order valence-electron chi connectivity index (χ0n) is 16.3. The maximum atomic E-state index is 13.1. The van der Waals surface area contributed by atoms with Gasteiger partial charge in [-0.1, -0.05) is 18.2 Å². The zero-order chi connectivity index (χ0) is 23.2. The maximum Gasteiger partial charge on any atom is 0.416 e. The Labute approximate surface area is 179 Å². The van der Waals surface area contributed by atoms with Crippen LogP contribution in [0.3, 0.4) is 0 Å². The molecule has 0 saturated carbocycles. The summed E-state index contributed by atoms with van der Waals surface area (Å²) in [5.41, 5.74) is -1.25. The van der Waals surface area contributed by atoms with Crippen LogP contribution in [-0.2, 0) is 15.8 Å². The molecule has 2 heterocycles. The molecule has 2 aliphatic rings. The van der Waals surface area contributed by atoms with Crippen molar-refractivity contribution < 1.29 is 37.5 Å². The molecule has 0 aliphatic carbocycles. The van der Waals surface area contributed by atoms with Crippen molar-refractivity contribution in [3.63, 3.8) is 0 Å². The lowest BCUT2D eigenvalue weighted by atomic mass is 10.0. The van der Waals surface area contributed by atoms with E-state index in [9.17, 15) is 37.5 Å². The predicted octanol–water partition coefficient (Wildman–Crippen LogP) is 2.21. The first kappa shape index (κ1) is 21.5. The van der Waals surface area contributed by atoms with Crippen molar-refractivity contribution in [2.45, 2.75) is 31.3 Å². The van der Waals surface area contributed by atoms with Crippen molar-refractivity contribution in [3.05, 3.63) is 64.7 Å². The Morgan fingerprint density at radius 2 is 1.84 bits per heavy atom. The summed E-state index contributed by atoms with van der Waals surface area (Å²) in [4.78, 5) is 50.2. The average molecular weight is 447 g/mol. The van der Waals surface area contributed by atoms with Gasteiger partial charge in [-0.25, -0.2) is 0 Å². The summed E-state index contributed by atoms with van der Waals surface area (Å²) >= 11 is 0. The summed E-state index contributed by atoms with van der Waals surface area (Å²) in [6.45, 7) is 0. The fourth-order valence-electron chi connectivity index (χ4n) is 3.81. The highest BCUT2D eigenvalue weighted by Gasteiger charge is 2.45. The van der Waals surface area contributed by atoms with E-state index in [1.807, 2.05) is 0 Å². The molecule has 2 aromatic rings. The van der Waals surface area contributed by atoms with Crippen LogP contribution in [0.4, 0.5) is 18.9 Å². The van der Waals surface area contributed by atoms with Crippen LogP contribution in [0, 0.1) is 0 Å². The third-order valence-corrected chi connectivity index (χ3v) is 5.33. The van der Waals surface area contributed by atoms with Crippen molar-refractivity contribution >= 4 is 29.3 Å². The Hall–Kier alpha value is -3.73. The number of nitrogens with zero attached hydrogens (tertiary/aromatic N) is 1. The molecular weight excluding hydrogens is 431 g/mol. The van der Waals surface area contributed by atoms with E-state index in [-0.39, 0.29) is 35.2 Å². The van der Waals surface area contributed by atoms with Crippen molar-refractivity contribution in [2.24, 2.45) is 0 Å². The second kappa shape index (κ2) is 7.75. The molecular formula is C21H16F3N3O5. The van der Waals surface area contributed by atoms with Gasteiger partial charge >= 0.3 is 6.18 Å². The number of aliphatic hydroxyl groups is 1. The molecule has 2 aromatic carbocycles. The number of aliphatic hydroxyl groups excluding tert-OH is 1. The van der Waals surface area contributed by atoms with Crippen LogP contribution < -0.4 is 10.6 Å². The lowest BCUT2D eigenvalue weighted by Gasteiger charge is -2.31. The van der Waals surface area contributed by atoms with Gasteiger partial charge in [0.05, 0.1) is 16.8 Å². The van der Waals surface area contributed by atoms with Crippen LogP contribution in [0.25, 0.3) is 0 Å². The molecule has 2 unspecified atom stereocenters. The van der Waals surface area contributed by atoms with Crippen LogP contribution >= 0.6 is 0 Å². The summed E-state index contributed by atoms with van der Waals surface area (Å²) in [6, 6.07) is 6.96. The van der Waals surface area contributed by atoms with Gasteiger partial charge in [0.2, 0.25) is 11.8 Å². The molecule has 32 heavy (non-hydrogen) atoms. The lowest BCUT2D eigenvalue weighted by Crippen LogP contribution is -2.53. The molecule has 0 aromatic heterocycles. The normalized spacial score (nSPS) is 20.8. The number of amides is 4. The quantitative estimate of drug-likeness (QED) is 0.624. The minimum atomic E-state index is -4.63. The number of anilines is 1. The topological polar surface area (TPSA) is 116 Å². The van der Waals surface area contributed by atoms with Gasteiger partial charge in [0.25, 0.3) is 11.8 Å². The third-order valence-electron chi connectivity index (χ3n) is 5.33. The monoisotopic (exact) mass is 447 g/mol. The summed E-state index contributed by atoms with van der Waals surface area (Å²) in [5, 5.41) is 15.2. The van der Waals surface area contributed by atoms with Crippen LogP contribution in [0.2, 0.25) is 0 Å². The molecule has 0 spiro atoms. The minimum Gasteiger partial charge on any atom is -0.369 e. The van der Waals surface area contributed by atoms with Gasteiger partial charge in [-0.05, 0) is 30.7 Å². The zero-order valence-corrected chi connectivity index (χ0v) is 16.3. The van der Waals surface area contributed by atoms with E-state index >= 15 is 0 Å². The van der Waals surface area contributed by atoms with Gasteiger partial charge in [-0.2, -0.15) is 13.2 Å². The number of carbonyl (C=O) groups is 4. The number of hydrogen-bond donors (Lipinski definition) is 3. The average Bonchev–Trinajstić information content (AvgIpc) is 2.99. The Morgan fingerprint density at radius 1 is 1.12 bits per heavy atom. The molecule has 4 amide bonds. The number of benzene rings is 2. The summed E-state index contributed by atoms with van der Waals surface area (Å²) in [5.74, 6) is -2.84. The number of fused-ring (bicyclic) bond motifs is 1. The highest BCUT2D eigenvalue weighted by atomic mass is 19.4. The number of rotatable bonds is 3. The van der Waals surface area contributed by atoms with Crippen molar-refractivity contribution in [1.29, 1.82) is 0 Å². The summed E-state index contributed by atoms with van der Waals surface area (Å²) in [6.07, 6.45) is -6.12. The second-order valence-electron chi connectivity index (χ2n) is 7.36. The molecule has 166 valence electrons. The molecule has 0 bridgehead atoms. The highest BCUT2D eigenvalue weighted by molar-refractivity contribution is 6.12. The first-order chi connectivity index (χ1) is 15.1. The van der Waals surface area contributed by atoms with Gasteiger partial charge in [0, 0.05) is 17.5 Å². The molecule has 0 radical (unpaired) electrons. The second-order valence-corrected chi connectivity index (χ2v) is 7.36. The SMILES string of the molecule is O=C1CCC(N2C(=O)c3c(NC(=O)c4cccc(C(F)(F)F)c4)cccc3C2O)C(=O)N1. The maximum absolute atomic E-state index is 13.1. The van der Waals surface area contributed by atoms with E-state index in [1.54, 1.807) is 0 Å². The number of piperidine rings is 1. The molecule has 1 saturated heterocycles. The Balaban J connectivity index is 1.63. The van der Waals surface area contributed by atoms with Crippen molar-refractivity contribution in [2.75, 3.05) is 5.32 Å². The van der Waals surface area contributed by atoms with E-state index in [0.717, 1.165) is 17.0 Å². The van der Waals surface area contributed by atoms with Gasteiger partial charge in [0.1, 0.15) is 6.04 Å². The molecule has 4 rings (SSSR count). The van der Waals surface area contributed by atoms with Crippen LogP contribution in [0.15, 0.2) is 42.5 Å². The third kappa shape index (κ3) is 3.71. The number of carbonyl (C=O) groups excluding carboxylic acids is 4. The van der Waals surface area contributed by atoms with E-state index in [2.05, 4.69) is 10.6 Å².